The molecule has 1 atom stereocenters. The van der Waals surface area contributed by atoms with E-state index in [-0.39, 0.29) is 19.1 Å². The van der Waals surface area contributed by atoms with Gasteiger partial charge in [-0.1, -0.05) is 0 Å². The van der Waals surface area contributed by atoms with Gasteiger partial charge in [0.1, 0.15) is 0 Å². The van der Waals surface area contributed by atoms with Crippen LogP contribution in [-0.2, 0) is 4.79 Å². The van der Waals surface area contributed by atoms with Crippen LogP contribution in [0.1, 0.15) is 20.3 Å². The lowest BCUT2D eigenvalue weighted by atomic mass is 10.3. The molecule has 62 valence electrons. The number of nitrogens with two attached hydrogens (primary N) is 1. The Morgan fingerprint density at radius 3 is 2.00 bits per heavy atom. The fourth-order valence-electron chi connectivity index (χ4n) is 0.275. The standard InChI is InChI=1S/C4H9NO2.C2H6O/c1-3(5)2-4(6)7;1-2-3/h3H,2,5H2,1H3,(H,6,7);3H,2H2,1H3. The third-order valence-corrected chi connectivity index (χ3v) is 0.497. The molecule has 4 nitrogen and oxygen atoms in total. The molecule has 0 radical (unpaired) electrons. The second-order valence-corrected chi connectivity index (χ2v) is 1.89. The molecule has 1 unspecified atom stereocenters. The molecule has 0 aromatic rings. The molecule has 0 saturated heterocycles. The molecule has 0 aliphatic carbocycles. The molecule has 0 rings (SSSR count). The summed E-state index contributed by atoms with van der Waals surface area (Å²) < 4.78 is 0. The Labute approximate surface area is 60.7 Å². The van der Waals surface area contributed by atoms with Crippen LogP contribution in [0.2, 0.25) is 0 Å². The smallest absolute Gasteiger partial charge is 0.304 e. The minimum atomic E-state index is -0.838. The van der Waals surface area contributed by atoms with Gasteiger partial charge in [-0.2, -0.15) is 0 Å². The van der Waals surface area contributed by atoms with E-state index in [0.29, 0.717) is 0 Å². The Balaban J connectivity index is 0. The van der Waals surface area contributed by atoms with Gasteiger partial charge in [0.2, 0.25) is 0 Å². The van der Waals surface area contributed by atoms with Crippen LogP contribution in [0.3, 0.4) is 0 Å². The molecular formula is C6H15NO3. The summed E-state index contributed by atoms with van der Waals surface area (Å²) in [6.45, 7) is 3.59. The quantitative estimate of drug-likeness (QED) is 0.508. The zero-order valence-corrected chi connectivity index (χ0v) is 6.37. The van der Waals surface area contributed by atoms with Gasteiger partial charge in [0, 0.05) is 12.6 Å². The van der Waals surface area contributed by atoms with E-state index in [9.17, 15) is 4.79 Å². The molecule has 4 N–H and O–H groups in total. The third kappa shape index (κ3) is 26.3. The van der Waals surface area contributed by atoms with Gasteiger partial charge in [0.05, 0.1) is 6.42 Å². The second kappa shape index (κ2) is 8.39. The molecule has 0 heterocycles. The molecule has 0 saturated carbocycles. The van der Waals surface area contributed by atoms with Crippen LogP contribution in [-0.4, -0.2) is 28.8 Å². The van der Waals surface area contributed by atoms with Crippen LogP contribution in [0, 0.1) is 0 Å². The first kappa shape index (κ1) is 12.1. The normalized spacial score (nSPS) is 11.2. The zero-order chi connectivity index (χ0) is 8.57. The van der Waals surface area contributed by atoms with E-state index in [0.717, 1.165) is 0 Å². The van der Waals surface area contributed by atoms with Crippen molar-refractivity contribution in [3.63, 3.8) is 0 Å². The van der Waals surface area contributed by atoms with Gasteiger partial charge >= 0.3 is 5.97 Å². The average molecular weight is 149 g/mol. The molecule has 0 aromatic heterocycles. The van der Waals surface area contributed by atoms with Crippen LogP contribution in [0.5, 0.6) is 0 Å². The topological polar surface area (TPSA) is 83.6 Å². The van der Waals surface area contributed by atoms with E-state index in [4.69, 9.17) is 15.9 Å². The van der Waals surface area contributed by atoms with Crippen molar-refractivity contribution in [2.45, 2.75) is 26.3 Å². The number of aliphatic hydroxyl groups is 1. The highest BCUT2D eigenvalue weighted by molar-refractivity contribution is 5.67. The molecule has 10 heavy (non-hydrogen) atoms. The van der Waals surface area contributed by atoms with Crippen molar-refractivity contribution < 1.29 is 15.0 Å². The zero-order valence-electron chi connectivity index (χ0n) is 6.37. The van der Waals surface area contributed by atoms with Gasteiger partial charge in [-0.25, -0.2) is 0 Å². The summed E-state index contributed by atoms with van der Waals surface area (Å²) in [7, 11) is 0. The Bertz CT molecular complexity index is 83.1. The van der Waals surface area contributed by atoms with Gasteiger partial charge in [0.25, 0.3) is 0 Å². The van der Waals surface area contributed by atoms with Crippen molar-refractivity contribution in [2.75, 3.05) is 6.61 Å². The van der Waals surface area contributed by atoms with E-state index in [1.165, 1.54) is 0 Å². The van der Waals surface area contributed by atoms with Crippen molar-refractivity contribution >= 4 is 5.97 Å². The van der Waals surface area contributed by atoms with Crippen LogP contribution >= 0.6 is 0 Å². The minimum Gasteiger partial charge on any atom is -0.481 e. The highest BCUT2D eigenvalue weighted by Gasteiger charge is 1.98. The third-order valence-electron chi connectivity index (χ3n) is 0.497. The van der Waals surface area contributed by atoms with E-state index in [2.05, 4.69) is 0 Å². The SMILES string of the molecule is CC(N)CC(=O)O.CCO. The number of carbonyl (C=O) groups is 1. The number of aliphatic carboxylic acids is 1. The van der Waals surface area contributed by atoms with Crippen molar-refractivity contribution in [2.24, 2.45) is 5.73 Å². The summed E-state index contributed by atoms with van der Waals surface area (Å²) >= 11 is 0. The summed E-state index contributed by atoms with van der Waals surface area (Å²) in [5.41, 5.74) is 5.11. The Morgan fingerprint density at radius 2 is 2.00 bits per heavy atom. The molecule has 0 amide bonds. The largest absolute Gasteiger partial charge is 0.481 e. The van der Waals surface area contributed by atoms with Crippen molar-refractivity contribution in [1.82, 2.24) is 0 Å². The number of aliphatic hydroxyl groups excluding tert-OH is 1. The summed E-state index contributed by atoms with van der Waals surface area (Å²) in [6, 6.07) is -0.225. The summed E-state index contributed by atoms with van der Waals surface area (Å²) in [5.74, 6) is -0.838. The van der Waals surface area contributed by atoms with Crippen LogP contribution in [0.25, 0.3) is 0 Å². The number of rotatable bonds is 2. The van der Waals surface area contributed by atoms with E-state index < -0.39 is 5.97 Å². The maximum Gasteiger partial charge on any atom is 0.304 e. The number of hydrogen-bond donors (Lipinski definition) is 3. The van der Waals surface area contributed by atoms with Gasteiger partial charge in [-0.3, -0.25) is 4.79 Å². The lowest BCUT2D eigenvalue weighted by Crippen LogP contribution is -2.18. The highest BCUT2D eigenvalue weighted by atomic mass is 16.4. The first-order valence-corrected chi connectivity index (χ1v) is 3.12. The van der Waals surface area contributed by atoms with E-state index in [1.807, 2.05) is 0 Å². The number of carboxylic acids is 1. The van der Waals surface area contributed by atoms with Crippen LogP contribution in [0.4, 0.5) is 0 Å². The van der Waals surface area contributed by atoms with Crippen LogP contribution in [0.15, 0.2) is 0 Å². The Morgan fingerprint density at radius 1 is 1.70 bits per heavy atom. The molecule has 0 aliphatic rings. The Hall–Kier alpha value is -0.610. The van der Waals surface area contributed by atoms with Gasteiger partial charge in [-0.15, -0.1) is 0 Å². The van der Waals surface area contributed by atoms with Gasteiger partial charge < -0.3 is 15.9 Å². The average Bonchev–Trinajstić information content (AvgIpc) is 1.62. The van der Waals surface area contributed by atoms with E-state index >= 15 is 0 Å². The Kier molecular flexibility index (Phi) is 10.2. The predicted molar refractivity (Wildman–Crippen MR) is 38.7 cm³/mol. The fraction of sp³-hybridized carbons (Fsp3) is 0.833. The molecule has 0 aromatic carbocycles. The lowest BCUT2D eigenvalue weighted by molar-refractivity contribution is -0.137. The highest BCUT2D eigenvalue weighted by Crippen LogP contribution is 1.82. The van der Waals surface area contributed by atoms with Crippen molar-refractivity contribution in [3.8, 4) is 0 Å². The number of carboxylic acid groups (broad SMARTS) is 1. The maximum atomic E-state index is 9.73. The lowest BCUT2D eigenvalue weighted by Gasteiger charge is -1.95. The monoisotopic (exact) mass is 149 g/mol. The minimum absolute atomic E-state index is 0.0556. The molecule has 0 aliphatic heterocycles. The summed E-state index contributed by atoms with van der Waals surface area (Å²) in [5, 5.41) is 15.6. The summed E-state index contributed by atoms with van der Waals surface area (Å²) in [6.07, 6.45) is 0.0556. The summed E-state index contributed by atoms with van der Waals surface area (Å²) in [4.78, 5) is 9.73. The second-order valence-electron chi connectivity index (χ2n) is 1.89. The first-order valence-electron chi connectivity index (χ1n) is 3.12. The van der Waals surface area contributed by atoms with E-state index in [1.54, 1.807) is 13.8 Å². The molecule has 0 spiro atoms. The maximum absolute atomic E-state index is 9.73. The molecule has 4 heteroatoms. The van der Waals surface area contributed by atoms with Crippen molar-refractivity contribution in [3.05, 3.63) is 0 Å². The predicted octanol–water partition coefficient (Wildman–Crippen LogP) is -0.193. The molecular weight excluding hydrogens is 134 g/mol. The van der Waals surface area contributed by atoms with Crippen molar-refractivity contribution in [1.29, 1.82) is 0 Å². The molecule has 0 bridgehead atoms. The fourth-order valence-corrected chi connectivity index (χ4v) is 0.275. The van der Waals surface area contributed by atoms with Gasteiger partial charge in [-0.05, 0) is 13.8 Å². The van der Waals surface area contributed by atoms with Gasteiger partial charge in [0.15, 0.2) is 0 Å². The first-order chi connectivity index (χ1) is 4.54. The molecule has 0 fully saturated rings. The van der Waals surface area contributed by atoms with Crippen LogP contribution < -0.4 is 5.73 Å². The number of hydrogen-bond acceptors (Lipinski definition) is 3.